The highest BCUT2D eigenvalue weighted by atomic mass is 16.6. The molecule has 0 radical (unpaired) electrons. The van der Waals surface area contributed by atoms with Crippen molar-refractivity contribution in [3.05, 3.63) is 29.1 Å². The molecule has 0 aliphatic rings. The van der Waals surface area contributed by atoms with Gasteiger partial charge in [0.1, 0.15) is 6.33 Å². The lowest BCUT2D eigenvalue weighted by atomic mass is 10.2. The van der Waals surface area contributed by atoms with E-state index in [2.05, 4.69) is 27.2 Å². The lowest BCUT2D eigenvalue weighted by Gasteiger charge is -2.13. The van der Waals surface area contributed by atoms with E-state index >= 15 is 0 Å². The number of nitrogens with zero attached hydrogens (tertiary/aromatic N) is 3. The van der Waals surface area contributed by atoms with Gasteiger partial charge in [-0.25, -0.2) is 9.97 Å². The van der Waals surface area contributed by atoms with E-state index in [1.54, 1.807) is 6.08 Å². The van der Waals surface area contributed by atoms with Crippen LogP contribution in [0.1, 0.15) is 20.3 Å². The smallest absolute Gasteiger partial charge is 0.353 e. The molecular weight excluding hydrogens is 234 g/mol. The van der Waals surface area contributed by atoms with Gasteiger partial charge in [-0.2, -0.15) is 0 Å². The van der Waals surface area contributed by atoms with Crippen molar-refractivity contribution >= 4 is 17.3 Å². The van der Waals surface area contributed by atoms with Crippen molar-refractivity contribution in [2.45, 2.75) is 26.3 Å². The van der Waals surface area contributed by atoms with Crippen molar-refractivity contribution in [3.63, 3.8) is 0 Å². The molecule has 1 rings (SSSR count). The van der Waals surface area contributed by atoms with E-state index in [-0.39, 0.29) is 23.4 Å². The molecule has 1 unspecified atom stereocenters. The van der Waals surface area contributed by atoms with E-state index in [0.29, 0.717) is 6.54 Å². The molecule has 0 aromatic carbocycles. The summed E-state index contributed by atoms with van der Waals surface area (Å²) in [5.41, 5.74) is -0.139. The Hall–Kier alpha value is -2.18. The Morgan fingerprint density at radius 3 is 2.78 bits per heavy atom. The monoisotopic (exact) mass is 251 g/mol. The van der Waals surface area contributed by atoms with Crippen LogP contribution in [0.3, 0.4) is 0 Å². The first kappa shape index (κ1) is 13.9. The van der Waals surface area contributed by atoms with Crippen molar-refractivity contribution in [2.75, 3.05) is 17.2 Å². The molecule has 7 heteroatoms. The van der Waals surface area contributed by atoms with Crippen LogP contribution in [0.4, 0.5) is 17.3 Å². The summed E-state index contributed by atoms with van der Waals surface area (Å²) >= 11 is 0. The van der Waals surface area contributed by atoms with Crippen LogP contribution >= 0.6 is 0 Å². The second-order valence-electron chi connectivity index (χ2n) is 3.80. The van der Waals surface area contributed by atoms with Gasteiger partial charge in [0.15, 0.2) is 0 Å². The highest BCUT2D eigenvalue weighted by Crippen LogP contribution is 2.29. The highest BCUT2D eigenvalue weighted by molar-refractivity contribution is 5.69. The zero-order valence-electron chi connectivity index (χ0n) is 10.5. The first-order valence-electron chi connectivity index (χ1n) is 5.70. The summed E-state index contributed by atoms with van der Waals surface area (Å²) in [6.45, 7) is 7.87. The van der Waals surface area contributed by atoms with Gasteiger partial charge in [-0.3, -0.25) is 10.1 Å². The number of hydrogen-bond donors (Lipinski definition) is 2. The molecule has 1 atom stereocenters. The molecular formula is C11H17N5O2. The summed E-state index contributed by atoms with van der Waals surface area (Å²) < 4.78 is 0. The average molecular weight is 251 g/mol. The van der Waals surface area contributed by atoms with Crippen LogP contribution in [0.25, 0.3) is 0 Å². The molecule has 1 aromatic rings. The maximum atomic E-state index is 11.1. The van der Waals surface area contributed by atoms with Crippen molar-refractivity contribution in [1.29, 1.82) is 0 Å². The molecule has 7 nitrogen and oxygen atoms in total. The molecule has 0 aliphatic carbocycles. The van der Waals surface area contributed by atoms with Crippen LogP contribution < -0.4 is 10.6 Å². The van der Waals surface area contributed by atoms with E-state index in [1.807, 2.05) is 13.8 Å². The molecule has 18 heavy (non-hydrogen) atoms. The SMILES string of the molecule is C=CCNc1ncnc(NC(C)CC)c1[N+](=O)[O-]. The number of nitrogens with one attached hydrogen (secondary N) is 2. The molecule has 0 aliphatic heterocycles. The van der Waals surface area contributed by atoms with E-state index < -0.39 is 4.92 Å². The fraction of sp³-hybridized carbons (Fsp3) is 0.455. The Kier molecular flexibility index (Phi) is 5.04. The van der Waals surface area contributed by atoms with Gasteiger partial charge >= 0.3 is 5.69 Å². The van der Waals surface area contributed by atoms with Gasteiger partial charge in [-0.05, 0) is 13.3 Å². The van der Waals surface area contributed by atoms with Gasteiger partial charge in [-0.15, -0.1) is 6.58 Å². The summed E-state index contributed by atoms with van der Waals surface area (Å²) in [7, 11) is 0. The minimum Gasteiger partial charge on any atom is -0.362 e. The molecule has 0 bridgehead atoms. The number of hydrogen-bond acceptors (Lipinski definition) is 6. The standard InChI is InChI=1S/C11H17N5O2/c1-4-6-12-10-9(16(17)18)11(14-7-13-10)15-8(3)5-2/h4,7-8H,1,5-6H2,2-3H3,(H2,12,13,14,15). The van der Waals surface area contributed by atoms with Crippen LogP contribution in [0, 0.1) is 10.1 Å². The van der Waals surface area contributed by atoms with Crippen LogP contribution in [0.5, 0.6) is 0 Å². The number of nitro groups is 1. The summed E-state index contributed by atoms with van der Waals surface area (Å²) in [6.07, 6.45) is 3.74. The first-order valence-corrected chi connectivity index (χ1v) is 5.70. The predicted molar refractivity (Wildman–Crippen MR) is 70.7 cm³/mol. The molecule has 0 amide bonds. The third-order valence-corrected chi connectivity index (χ3v) is 2.41. The van der Waals surface area contributed by atoms with Crippen LogP contribution in [0.2, 0.25) is 0 Å². The quantitative estimate of drug-likeness (QED) is 0.438. The topological polar surface area (TPSA) is 93.0 Å². The Balaban J connectivity index is 3.08. The zero-order chi connectivity index (χ0) is 13.5. The number of rotatable bonds is 7. The zero-order valence-corrected chi connectivity index (χ0v) is 10.5. The Labute approximate surface area is 105 Å². The van der Waals surface area contributed by atoms with E-state index in [1.165, 1.54) is 6.33 Å². The summed E-state index contributed by atoms with van der Waals surface area (Å²) in [5.74, 6) is 0.427. The van der Waals surface area contributed by atoms with Crippen molar-refractivity contribution in [1.82, 2.24) is 9.97 Å². The summed E-state index contributed by atoms with van der Waals surface area (Å²) in [5, 5.41) is 16.9. The number of anilines is 2. The Morgan fingerprint density at radius 2 is 2.22 bits per heavy atom. The van der Waals surface area contributed by atoms with Gasteiger partial charge in [-0.1, -0.05) is 13.0 Å². The Morgan fingerprint density at radius 1 is 1.56 bits per heavy atom. The van der Waals surface area contributed by atoms with Crippen molar-refractivity contribution in [2.24, 2.45) is 0 Å². The summed E-state index contributed by atoms with van der Waals surface area (Å²) in [6, 6.07) is 0.103. The maximum absolute atomic E-state index is 11.1. The molecule has 98 valence electrons. The first-order chi connectivity index (χ1) is 8.60. The third kappa shape index (κ3) is 3.41. The van der Waals surface area contributed by atoms with E-state index in [4.69, 9.17) is 0 Å². The van der Waals surface area contributed by atoms with E-state index in [0.717, 1.165) is 6.42 Å². The average Bonchev–Trinajstić information content (AvgIpc) is 2.35. The minimum absolute atomic E-state index is 0.103. The van der Waals surface area contributed by atoms with Crippen LogP contribution in [-0.4, -0.2) is 27.5 Å². The molecule has 1 aromatic heterocycles. The minimum atomic E-state index is -0.490. The fourth-order valence-electron chi connectivity index (χ4n) is 1.29. The second-order valence-corrected chi connectivity index (χ2v) is 3.80. The third-order valence-electron chi connectivity index (χ3n) is 2.41. The lowest BCUT2D eigenvalue weighted by molar-refractivity contribution is -0.383. The number of aromatic nitrogens is 2. The van der Waals surface area contributed by atoms with Gasteiger partial charge in [0.2, 0.25) is 11.6 Å². The lowest BCUT2D eigenvalue weighted by Crippen LogP contribution is -2.17. The van der Waals surface area contributed by atoms with Crippen molar-refractivity contribution in [3.8, 4) is 0 Å². The molecule has 0 saturated heterocycles. The van der Waals surface area contributed by atoms with Crippen molar-refractivity contribution < 1.29 is 4.92 Å². The normalized spacial score (nSPS) is 11.7. The molecule has 1 heterocycles. The predicted octanol–water partition coefficient (Wildman–Crippen LogP) is 2.19. The maximum Gasteiger partial charge on any atom is 0.353 e. The fourth-order valence-corrected chi connectivity index (χ4v) is 1.29. The molecule has 0 fully saturated rings. The van der Waals surface area contributed by atoms with Gasteiger partial charge in [0.25, 0.3) is 0 Å². The molecule has 0 spiro atoms. The van der Waals surface area contributed by atoms with E-state index in [9.17, 15) is 10.1 Å². The van der Waals surface area contributed by atoms with Crippen LogP contribution in [-0.2, 0) is 0 Å². The highest BCUT2D eigenvalue weighted by Gasteiger charge is 2.23. The van der Waals surface area contributed by atoms with Gasteiger partial charge < -0.3 is 10.6 Å². The van der Waals surface area contributed by atoms with Gasteiger partial charge in [0.05, 0.1) is 4.92 Å². The Bertz CT molecular complexity index is 435. The largest absolute Gasteiger partial charge is 0.362 e. The molecule has 0 saturated carbocycles. The van der Waals surface area contributed by atoms with Gasteiger partial charge in [0, 0.05) is 12.6 Å². The molecule has 2 N–H and O–H groups in total. The second kappa shape index (κ2) is 6.53. The summed E-state index contributed by atoms with van der Waals surface area (Å²) in [4.78, 5) is 18.4. The van der Waals surface area contributed by atoms with Crippen LogP contribution in [0.15, 0.2) is 19.0 Å².